The van der Waals surface area contributed by atoms with Gasteiger partial charge in [0.05, 0.1) is 22.1 Å². The normalized spacial score (nSPS) is 11.6. The summed E-state index contributed by atoms with van der Waals surface area (Å²) in [7, 11) is 0. The van der Waals surface area contributed by atoms with Crippen LogP contribution in [0.25, 0.3) is 27.1 Å². The van der Waals surface area contributed by atoms with Crippen molar-refractivity contribution < 1.29 is 31.5 Å². The average molecular weight is 505 g/mol. The first-order chi connectivity index (χ1) is 16.8. The van der Waals surface area contributed by atoms with Gasteiger partial charge in [0, 0.05) is 5.56 Å². The summed E-state index contributed by atoms with van der Waals surface area (Å²) in [5, 5.41) is 6.57. The number of anilines is 1. The van der Waals surface area contributed by atoms with E-state index in [9.17, 15) is 26.7 Å². The third kappa shape index (κ3) is 4.49. The maximum Gasteiger partial charge on any atom is 0.387 e. The minimum absolute atomic E-state index is 0.0614. The van der Waals surface area contributed by atoms with E-state index in [1.54, 1.807) is 0 Å². The number of carbonyl (C=O) groups excluding carboxylic acids is 1. The maximum atomic E-state index is 13.7. The second-order valence-electron chi connectivity index (χ2n) is 7.15. The average Bonchev–Trinajstić information content (AvgIpc) is 3.41. The molecule has 5 rings (SSSR count). The van der Waals surface area contributed by atoms with Crippen LogP contribution in [0.15, 0.2) is 54.7 Å². The number of aromatic nitrogens is 4. The van der Waals surface area contributed by atoms with E-state index in [4.69, 9.17) is 0 Å². The van der Waals surface area contributed by atoms with Gasteiger partial charge in [-0.25, -0.2) is 27.7 Å². The van der Waals surface area contributed by atoms with Crippen LogP contribution >= 0.6 is 11.3 Å². The third-order valence-electron chi connectivity index (χ3n) is 4.91. The van der Waals surface area contributed by atoms with Gasteiger partial charge in [-0.3, -0.25) is 10.1 Å². The largest absolute Gasteiger partial charge is 0.435 e. The molecule has 1 N–H and O–H groups in total. The summed E-state index contributed by atoms with van der Waals surface area (Å²) in [5.41, 5.74) is 0.179. The van der Waals surface area contributed by atoms with Gasteiger partial charge in [0.25, 0.3) is 12.3 Å². The molecule has 13 heteroatoms. The highest BCUT2D eigenvalue weighted by Crippen LogP contribution is 2.31. The maximum absolute atomic E-state index is 13.7. The number of nitrogens with zero attached hydrogens (tertiary/aromatic N) is 4. The Morgan fingerprint density at radius 3 is 2.51 bits per heavy atom. The Morgan fingerprint density at radius 1 is 1.03 bits per heavy atom. The van der Waals surface area contributed by atoms with Gasteiger partial charge in [-0.1, -0.05) is 11.3 Å². The molecule has 35 heavy (non-hydrogen) atoms. The molecule has 0 saturated heterocycles. The quantitative estimate of drug-likeness (QED) is 0.289. The van der Waals surface area contributed by atoms with Crippen LogP contribution in [0.4, 0.5) is 27.1 Å². The van der Waals surface area contributed by atoms with Crippen LogP contribution in [-0.2, 0) is 0 Å². The lowest BCUT2D eigenvalue weighted by molar-refractivity contribution is -0.0497. The lowest BCUT2D eigenvalue weighted by atomic mass is 10.1. The van der Waals surface area contributed by atoms with Gasteiger partial charge in [-0.05, 0) is 48.5 Å². The Hall–Kier alpha value is -4.13. The van der Waals surface area contributed by atoms with Gasteiger partial charge in [0.15, 0.2) is 10.8 Å². The van der Waals surface area contributed by atoms with Crippen molar-refractivity contribution in [1.82, 2.24) is 19.6 Å². The molecular formula is C22H12F5N5O2S. The molecule has 178 valence electrons. The summed E-state index contributed by atoms with van der Waals surface area (Å²) in [5.74, 6) is -1.28. The summed E-state index contributed by atoms with van der Waals surface area (Å²) >= 11 is 1.01. The number of nitrogens with one attached hydrogen (secondary N) is 1. The minimum atomic E-state index is -2.99. The molecule has 0 saturated carbocycles. The van der Waals surface area contributed by atoms with E-state index in [2.05, 4.69) is 25.1 Å². The van der Waals surface area contributed by atoms with E-state index in [-0.39, 0.29) is 27.8 Å². The fourth-order valence-corrected chi connectivity index (χ4v) is 4.26. The van der Waals surface area contributed by atoms with E-state index < -0.39 is 30.5 Å². The smallest absolute Gasteiger partial charge is 0.387 e. The molecule has 0 aliphatic heterocycles. The van der Waals surface area contributed by atoms with Gasteiger partial charge < -0.3 is 4.74 Å². The first-order valence-corrected chi connectivity index (χ1v) is 10.7. The first-order valence-electron chi connectivity index (χ1n) is 9.88. The highest BCUT2D eigenvalue weighted by Gasteiger charge is 2.22. The van der Waals surface area contributed by atoms with Crippen LogP contribution in [0.5, 0.6) is 5.75 Å². The molecule has 0 unspecified atom stereocenters. The predicted octanol–water partition coefficient (Wildman–Crippen LogP) is 5.94. The van der Waals surface area contributed by atoms with Crippen molar-refractivity contribution in [3.8, 4) is 17.0 Å². The zero-order valence-electron chi connectivity index (χ0n) is 17.3. The SMILES string of the molecule is O=C(Nc1nc2ccc(OC(F)F)cc2s1)c1cnn2c(C(F)F)cc(-c3ccc(F)cc3)nc12. The molecule has 5 aromatic rings. The van der Waals surface area contributed by atoms with Crippen molar-refractivity contribution >= 4 is 38.2 Å². The van der Waals surface area contributed by atoms with Crippen molar-refractivity contribution in [1.29, 1.82) is 0 Å². The van der Waals surface area contributed by atoms with Gasteiger partial charge >= 0.3 is 6.61 Å². The lowest BCUT2D eigenvalue weighted by Gasteiger charge is -2.08. The van der Waals surface area contributed by atoms with Crippen LogP contribution in [0.1, 0.15) is 22.5 Å². The number of carbonyl (C=O) groups is 1. The number of ether oxygens (including phenoxy) is 1. The number of fused-ring (bicyclic) bond motifs is 2. The Labute approximate surface area is 196 Å². The first kappa shape index (κ1) is 22.7. The number of benzene rings is 2. The number of thiazole rings is 1. The molecule has 0 atom stereocenters. The van der Waals surface area contributed by atoms with Gasteiger partial charge in [-0.2, -0.15) is 13.9 Å². The van der Waals surface area contributed by atoms with Crippen molar-refractivity contribution in [3.05, 3.63) is 71.8 Å². The van der Waals surface area contributed by atoms with Crippen molar-refractivity contribution in [2.75, 3.05) is 5.32 Å². The molecule has 3 heterocycles. The Morgan fingerprint density at radius 2 is 1.80 bits per heavy atom. The van der Waals surface area contributed by atoms with Gasteiger partial charge in [0.2, 0.25) is 0 Å². The number of halogens is 5. The molecule has 3 aromatic heterocycles. The number of hydrogen-bond acceptors (Lipinski definition) is 6. The number of amides is 1. The standard InChI is InChI=1S/C22H12F5N5O2S/c23-11-3-1-10(2-4-11)15-8-16(18(24)25)32-19(29-15)13(9-28-32)20(33)31-22-30-14-6-5-12(34-21(26)27)7-17(14)35-22/h1-9,18,21H,(H,30,31,33). The minimum Gasteiger partial charge on any atom is -0.435 e. The molecule has 0 fully saturated rings. The summed E-state index contributed by atoms with van der Waals surface area (Å²) in [6.07, 6.45) is -1.83. The zero-order chi connectivity index (χ0) is 24.7. The summed E-state index contributed by atoms with van der Waals surface area (Å²) < 4.78 is 71.3. The van der Waals surface area contributed by atoms with Crippen molar-refractivity contribution in [3.63, 3.8) is 0 Å². The van der Waals surface area contributed by atoms with Crippen LogP contribution < -0.4 is 10.1 Å². The van der Waals surface area contributed by atoms with E-state index in [1.165, 1.54) is 30.3 Å². The fraction of sp³-hybridized carbons (Fsp3) is 0.0909. The third-order valence-corrected chi connectivity index (χ3v) is 5.85. The molecule has 0 radical (unpaired) electrons. The number of alkyl halides is 4. The summed E-state index contributed by atoms with van der Waals surface area (Å²) in [6.45, 7) is -2.99. The number of hydrogen-bond donors (Lipinski definition) is 1. The number of rotatable bonds is 6. The molecule has 1 amide bonds. The molecule has 2 aromatic carbocycles. The predicted molar refractivity (Wildman–Crippen MR) is 118 cm³/mol. The fourth-order valence-electron chi connectivity index (χ4n) is 3.37. The second-order valence-corrected chi connectivity index (χ2v) is 8.18. The Kier molecular flexibility index (Phi) is 5.76. The van der Waals surface area contributed by atoms with Crippen LogP contribution in [0.2, 0.25) is 0 Å². The highest BCUT2D eigenvalue weighted by atomic mass is 32.1. The van der Waals surface area contributed by atoms with E-state index in [1.807, 2.05) is 0 Å². The van der Waals surface area contributed by atoms with Crippen LogP contribution in [0.3, 0.4) is 0 Å². The monoisotopic (exact) mass is 505 g/mol. The van der Waals surface area contributed by atoms with Crippen molar-refractivity contribution in [2.45, 2.75) is 13.0 Å². The molecule has 0 bridgehead atoms. The Bertz CT molecular complexity index is 1550. The second kappa shape index (κ2) is 8.91. The van der Waals surface area contributed by atoms with Crippen LogP contribution in [-0.4, -0.2) is 32.1 Å². The Balaban J connectivity index is 1.50. The molecular weight excluding hydrogens is 493 g/mol. The summed E-state index contributed by atoms with van der Waals surface area (Å²) in [6, 6.07) is 10.3. The van der Waals surface area contributed by atoms with E-state index in [0.29, 0.717) is 15.8 Å². The molecule has 0 aliphatic carbocycles. The van der Waals surface area contributed by atoms with Crippen LogP contribution in [0, 0.1) is 5.82 Å². The molecule has 0 aliphatic rings. The zero-order valence-corrected chi connectivity index (χ0v) is 18.1. The summed E-state index contributed by atoms with van der Waals surface area (Å²) in [4.78, 5) is 21.5. The molecule has 7 nitrogen and oxygen atoms in total. The highest BCUT2D eigenvalue weighted by molar-refractivity contribution is 7.22. The van der Waals surface area contributed by atoms with Gasteiger partial charge in [0.1, 0.15) is 22.8 Å². The van der Waals surface area contributed by atoms with Crippen molar-refractivity contribution in [2.24, 2.45) is 0 Å². The van der Waals surface area contributed by atoms with E-state index in [0.717, 1.165) is 40.2 Å². The van der Waals surface area contributed by atoms with Gasteiger partial charge in [-0.15, -0.1) is 0 Å². The topological polar surface area (TPSA) is 81.4 Å². The lowest BCUT2D eigenvalue weighted by Crippen LogP contribution is -2.12. The van der Waals surface area contributed by atoms with E-state index >= 15 is 0 Å². The molecule has 0 spiro atoms.